The molecule has 2 aromatic heterocycles. The summed E-state index contributed by atoms with van der Waals surface area (Å²) in [5, 5.41) is 7.94. The highest BCUT2D eigenvalue weighted by Crippen LogP contribution is 2.45. The average molecular weight is 254 g/mol. The van der Waals surface area contributed by atoms with Gasteiger partial charge < -0.3 is 14.8 Å². The van der Waals surface area contributed by atoms with Crippen molar-refractivity contribution < 1.29 is 9.47 Å². The van der Waals surface area contributed by atoms with Gasteiger partial charge in [0.1, 0.15) is 13.2 Å². The van der Waals surface area contributed by atoms with Gasteiger partial charge in [-0.3, -0.25) is 0 Å². The monoisotopic (exact) mass is 254 g/mol. The Kier molecular flexibility index (Phi) is 2.45. The van der Waals surface area contributed by atoms with Crippen LogP contribution < -0.4 is 14.8 Å². The second-order valence-electron chi connectivity index (χ2n) is 3.24. The molecule has 0 aliphatic carbocycles. The van der Waals surface area contributed by atoms with Crippen molar-refractivity contribution in [2.24, 2.45) is 0 Å². The normalized spacial score (nSPS) is 13.8. The number of rotatable bonds is 2. The SMILES string of the molecule is CNc1nc(-c2scc3c2OCCO3)cs1. The summed E-state index contributed by atoms with van der Waals surface area (Å²) in [4.78, 5) is 5.51. The zero-order valence-corrected chi connectivity index (χ0v) is 10.3. The lowest BCUT2D eigenvalue weighted by Crippen LogP contribution is -2.14. The van der Waals surface area contributed by atoms with E-state index in [1.54, 1.807) is 22.7 Å². The molecule has 0 saturated heterocycles. The van der Waals surface area contributed by atoms with Crippen LogP contribution in [0.5, 0.6) is 11.5 Å². The van der Waals surface area contributed by atoms with Crippen LogP contribution >= 0.6 is 22.7 Å². The molecule has 0 amide bonds. The fourth-order valence-corrected chi connectivity index (χ4v) is 3.16. The van der Waals surface area contributed by atoms with E-state index in [4.69, 9.17) is 9.47 Å². The molecule has 0 atom stereocenters. The largest absolute Gasteiger partial charge is 0.485 e. The van der Waals surface area contributed by atoms with Gasteiger partial charge >= 0.3 is 0 Å². The van der Waals surface area contributed by atoms with Crippen LogP contribution in [-0.4, -0.2) is 25.2 Å². The summed E-state index contributed by atoms with van der Waals surface area (Å²) < 4.78 is 11.1. The first-order valence-electron chi connectivity index (χ1n) is 4.89. The summed E-state index contributed by atoms with van der Waals surface area (Å²) in [5.41, 5.74) is 0.950. The molecule has 1 aliphatic heterocycles. The lowest BCUT2D eigenvalue weighted by Gasteiger charge is -2.15. The Morgan fingerprint density at radius 1 is 1.25 bits per heavy atom. The van der Waals surface area contributed by atoms with Gasteiger partial charge in [-0.25, -0.2) is 4.98 Å². The van der Waals surface area contributed by atoms with E-state index >= 15 is 0 Å². The van der Waals surface area contributed by atoms with Gasteiger partial charge in [0.25, 0.3) is 0 Å². The van der Waals surface area contributed by atoms with E-state index in [1.165, 1.54) is 0 Å². The Morgan fingerprint density at radius 2 is 2.12 bits per heavy atom. The van der Waals surface area contributed by atoms with Gasteiger partial charge in [-0.1, -0.05) is 0 Å². The summed E-state index contributed by atoms with van der Waals surface area (Å²) in [6.07, 6.45) is 0. The summed E-state index contributed by atoms with van der Waals surface area (Å²) in [6.45, 7) is 1.24. The molecule has 1 aliphatic rings. The number of hydrogen-bond donors (Lipinski definition) is 1. The van der Waals surface area contributed by atoms with Crippen molar-refractivity contribution >= 4 is 27.8 Å². The van der Waals surface area contributed by atoms with E-state index in [0.29, 0.717) is 13.2 Å². The number of aromatic nitrogens is 1. The first kappa shape index (κ1) is 9.92. The van der Waals surface area contributed by atoms with Gasteiger partial charge in [-0.2, -0.15) is 0 Å². The Hall–Kier alpha value is -1.27. The Bertz CT molecular complexity index is 507. The number of thiophene rings is 1. The van der Waals surface area contributed by atoms with Crippen LogP contribution in [0.3, 0.4) is 0 Å². The predicted molar refractivity (Wildman–Crippen MR) is 66.0 cm³/mol. The average Bonchev–Trinajstić information content (AvgIpc) is 2.94. The van der Waals surface area contributed by atoms with E-state index in [0.717, 1.165) is 27.2 Å². The van der Waals surface area contributed by atoms with E-state index in [9.17, 15) is 0 Å². The van der Waals surface area contributed by atoms with Crippen LogP contribution in [0, 0.1) is 0 Å². The second kappa shape index (κ2) is 3.95. The first-order valence-corrected chi connectivity index (χ1v) is 6.65. The second-order valence-corrected chi connectivity index (χ2v) is 4.98. The maximum Gasteiger partial charge on any atom is 0.182 e. The van der Waals surface area contributed by atoms with Crippen molar-refractivity contribution in [1.82, 2.24) is 4.98 Å². The summed E-state index contributed by atoms with van der Waals surface area (Å²) in [7, 11) is 1.87. The van der Waals surface area contributed by atoms with Crippen LogP contribution in [0.25, 0.3) is 10.6 Å². The van der Waals surface area contributed by atoms with E-state index in [2.05, 4.69) is 10.3 Å². The molecule has 0 saturated carbocycles. The van der Waals surface area contributed by atoms with Crippen LogP contribution in [0.4, 0.5) is 5.13 Å². The van der Waals surface area contributed by atoms with Gasteiger partial charge in [0, 0.05) is 17.8 Å². The highest BCUT2D eigenvalue weighted by atomic mass is 32.1. The van der Waals surface area contributed by atoms with Crippen LogP contribution in [0.2, 0.25) is 0 Å². The van der Waals surface area contributed by atoms with Gasteiger partial charge in [0.05, 0.1) is 10.6 Å². The Morgan fingerprint density at radius 3 is 2.94 bits per heavy atom. The third-order valence-electron chi connectivity index (χ3n) is 2.25. The molecule has 0 aromatic carbocycles. The molecular weight excluding hydrogens is 244 g/mol. The van der Waals surface area contributed by atoms with Crippen molar-refractivity contribution in [3.63, 3.8) is 0 Å². The minimum atomic E-state index is 0.611. The minimum absolute atomic E-state index is 0.611. The molecular formula is C10H10N2O2S2. The Balaban J connectivity index is 2.02. The van der Waals surface area contributed by atoms with Gasteiger partial charge in [0.15, 0.2) is 16.6 Å². The van der Waals surface area contributed by atoms with Gasteiger partial charge in [-0.05, 0) is 0 Å². The molecule has 3 rings (SSSR count). The lowest BCUT2D eigenvalue weighted by atomic mass is 10.3. The van der Waals surface area contributed by atoms with Crippen molar-refractivity contribution in [3.05, 3.63) is 10.8 Å². The molecule has 0 unspecified atom stereocenters. The molecule has 0 fully saturated rings. The summed E-state index contributed by atoms with van der Waals surface area (Å²) in [5.74, 6) is 1.68. The highest BCUT2D eigenvalue weighted by molar-refractivity contribution is 7.16. The smallest absolute Gasteiger partial charge is 0.182 e. The standard InChI is InChI=1S/C10H10N2O2S2/c1-11-10-12-6(4-16-10)9-8-7(5-15-9)13-2-3-14-8/h4-5H,2-3H2,1H3,(H,11,12). The van der Waals surface area contributed by atoms with E-state index in [-0.39, 0.29) is 0 Å². The van der Waals surface area contributed by atoms with E-state index in [1.807, 2.05) is 17.8 Å². The third kappa shape index (κ3) is 1.54. The topological polar surface area (TPSA) is 43.4 Å². The van der Waals surface area contributed by atoms with Crippen molar-refractivity contribution in [3.8, 4) is 22.1 Å². The number of nitrogens with zero attached hydrogens (tertiary/aromatic N) is 1. The number of anilines is 1. The highest BCUT2D eigenvalue weighted by Gasteiger charge is 2.21. The van der Waals surface area contributed by atoms with Crippen LogP contribution in [-0.2, 0) is 0 Å². The summed E-state index contributed by atoms with van der Waals surface area (Å²) >= 11 is 3.20. The lowest BCUT2D eigenvalue weighted by molar-refractivity contribution is 0.174. The first-order chi connectivity index (χ1) is 7.88. The molecule has 1 N–H and O–H groups in total. The quantitative estimate of drug-likeness (QED) is 0.895. The number of fused-ring (bicyclic) bond motifs is 1. The Labute approximate surface area is 101 Å². The number of ether oxygens (including phenoxy) is 2. The molecule has 0 radical (unpaired) electrons. The summed E-state index contributed by atoms with van der Waals surface area (Å²) in [6, 6.07) is 0. The molecule has 3 heterocycles. The fraction of sp³-hybridized carbons (Fsp3) is 0.300. The van der Waals surface area contributed by atoms with Crippen LogP contribution in [0.15, 0.2) is 10.8 Å². The van der Waals surface area contributed by atoms with Crippen molar-refractivity contribution in [2.75, 3.05) is 25.6 Å². The maximum absolute atomic E-state index is 5.62. The number of thiazole rings is 1. The molecule has 0 spiro atoms. The maximum atomic E-state index is 5.62. The third-order valence-corrected chi connectivity index (χ3v) is 4.07. The number of hydrogen-bond acceptors (Lipinski definition) is 6. The molecule has 2 aromatic rings. The number of nitrogens with one attached hydrogen (secondary N) is 1. The van der Waals surface area contributed by atoms with Crippen LogP contribution in [0.1, 0.15) is 0 Å². The van der Waals surface area contributed by atoms with Crippen molar-refractivity contribution in [1.29, 1.82) is 0 Å². The molecule has 6 heteroatoms. The van der Waals surface area contributed by atoms with Crippen molar-refractivity contribution in [2.45, 2.75) is 0 Å². The predicted octanol–water partition coefficient (Wildman–Crippen LogP) is 2.68. The molecule has 0 bridgehead atoms. The molecule has 4 nitrogen and oxygen atoms in total. The fourth-order valence-electron chi connectivity index (χ4n) is 1.53. The van der Waals surface area contributed by atoms with Gasteiger partial charge in [0.2, 0.25) is 0 Å². The molecule has 16 heavy (non-hydrogen) atoms. The molecule has 84 valence electrons. The minimum Gasteiger partial charge on any atom is -0.485 e. The van der Waals surface area contributed by atoms with Gasteiger partial charge in [-0.15, -0.1) is 22.7 Å². The van der Waals surface area contributed by atoms with E-state index < -0.39 is 0 Å². The zero-order chi connectivity index (χ0) is 11.0. The zero-order valence-electron chi connectivity index (χ0n) is 8.65.